The van der Waals surface area contributed by atoms with Crippen molar-refractivity contribution >= 4 is 23.4 Å². The van der Waals surface area contributed by atoms with Gasteiger partial charge in [0.05, 0.1) is 5.71 Å². The first-order valence-electron chi connectivity index (χ1n) is 8.07. The second-order valence-corrected chi connectivity index (χ2v) is 7.18. The summed E-state index contributed by atoms with van der Waals surface area (Å²) in [6.45, 7) is 1.89. The van der Waals surface area contributed by atoms with Gasteiger partial charge >= 0.3 is 0 Å². The molecule has 2 aliphatic rings. The fraction of sp³-hybridized carbons (Fsp3) is 0.733. The van der Waals surface area contributed by atoms with E-state index < -0.39 is 0 Å². The van der Waals surface area contributed by atoms with E-state index in [-0.39, 0.29) is 11.2 Å². The van der Waals surface area contributed by atoms with Gasteiger partial charge in [0.15, 0.2) is 5.82 Å². The van der Waals surface area contributed by atoms with Gasteiger partial charge in [-0.05, 0) is 19.3 Å². The number of hydrogen-bond acceptors (Lipinski definition) is 5. The van der Waals surface area contributed by atoms with Crippen molar-refractivity contribution in [2.45, 2.75) is 62.3 Å². The molecule has 2 heterocycles. The van der Waals surface area contributed by atoms with Gasteiger partial charge < -0.3 is 5.32 Å². The zero-order valence-corrected chi connectivity index (χ0v) is 14.0. The Bertz CT molecular complexity index is 576. The summed E-state index contributed by atoms with van der Waals surface area (Å²) in [7, 11) is 1.64. The standard InChI is InChI=1S/C15H23N5OS/c1-10-13(14(21)16-2)22-15-18-17-12(20(15)19-10)9-8-11-6-4-3-5-7-11/h11,13H,3-9H2,1-2H3,(H,16,21)/t13-/m1/s1. The monoisotopic (exact) mass is 321 g/mol. The summed E-state index contributed by atoms with van der Waals surface area (Å²) in [5, 5.41) is 16.1. The van der Waals surface area contributed by atoms with Crippen molar-refractivity contribution in [3.8, 4) is 0 Å². The summed E-state index contributed by atoms with van der Waals surface area (Å²) in [5.41, 5.74) is 0.801. The normalized spacial score (nSPS) is 22.1. The largest absolute Gasteiger partial charge is 0.358 e. The van der Waals surface area contributed by atoms with Gasteiger partial charge in [0.1, 0.15) is 5.25 Å². The maximum Gasteiger partial charge on any atom is 0.239 e. The van der Waals surface area contributed by atoms with Gasteiger partial charge in [0.2, 0.25) is 11.1 Å². The summed E-state index contributed by atoms with van der Waals surface area (Å²) in [4.78, 5) is 11.9. The smallest absolute Gasteiger partial charge is 0.239 e. The first-order valence-corrected chi connectivity index (χ1v) is 8.95. The topological polar surface area (TPSA) is 72.2 Å². The average molecular weight is 321 g/mol. The molecule has 0 radical (unpaired) electrons. The minimum atomic E-state index is -0.298. The van der Waals surface area contributed by atoms with E-state index in [0.717, 1.165) is 35.5 Å². The number of carbonyl (C=O) groups is 1. The molecule has 3 rings (SSSR count). The van der Waals surface area contributed by atoms with Gasteiger partial charge in [-0.2, -0.15) is 9.78 Å². The van der Waals surface area contributed by atoms with Crippen LogP contribution in [0.4, 0.5) is 0 Å². The molecule has 1 aliphatic carbocycles. The second-order valence-electron chi connectivity index (χ2n) is 6.11. The second kappa shape index (κ2) is 6.81. The Hall–Kier alpha value is -1.37. The SMILES string of the molecule is CNC(=O)[C@@H]1Sc2nnc(CCC3CCCCC3)n2N=C1C. The Kier molecular flexibility index (Phi) is 4.81. The number of amides is 1. The molecule has 1 aliphatic heterocycles. The Morgan fingerprint density at radius 1 is 1.32 bits per heavy atom. The van der Waals surface area contributed by atoms with Gasteiger partial charge in [-0.25, -0.2) is 0 Å². The fourth-order valence-corrected chi connectivity index (χ4v) is 4.20. The Morgan fingerprint density at radius 2 is 2.09 bits per heavy atom. The molecule has 22 heavy (non-hydrogen) atoms. The van der Waals surface area contributed by atoms with Crippen molar-refractivity contribution in [1.29, 1.82) is 0 Å². The molecule has 0 spiro atoms. The van der Waals surface area contributed by atoms with Crippen LogP contribution in [0.15, 0.2) is 10.3 Å². The van der Waals surface area contributed by atoms with Crippen LogP contribution in [0.5, 0.6) is 0 Å². The van der Waals surface area contributed by atoms with E-state index in [1.807, 2.05) is 11.6 Å². The van der Waals surface area contributed by atoms with Gasteiger partial charge in [-0.3, -0.25) is 4.79 Å². The minimum Gasteiger partial charge on any atom is -0.358 e. The molecule has 1 aromatic rings. The third-order valence-corrected chi connectivity index (χ3v) is 5.78. The molecule has 0 aromatic carbocycles. The molecule has 120 valence electrons. The molecular formula is C15H23N5OS. The highest BCUT2D eigenvalue weighted by Gasteiger charge is 2.30. The third-order valence-electron chi connectivity index (χ3n) is 4.52. The van der Waals surface area contributed by atoms with Crippen LogP contribution in [0.25, 0.3) is 0 Å². The van der Waals surface area contributed by atoms with E-state index in [4.69, 9.17) is 0 Å². The maximum atomic E-state index is 11.9. The lowest BCUT2D eigenvalue weighted by atomic mass is 9.86. The third kappa shape index (κ3) is 3.19. The lowest BCUT2D eigenvalue weighted by Crippen LogP contribution is -2.36. The summed E-state index contributed by atoms with van der Waals surface area (Å²) < 4.78 is 1.82. The summed E-state index contributed by atoms with van der Waals surface area (Å²) >= 11 is 1.43. The van der Waals surface area contributed by atoms with Crippen LogP contribution >= 0.6 is 11.8 Å². The number of aromatic nitrogens is 3. The van der Waals surface area contributed by atoms with Crippen molar-refractivity contribution < 1.29 is 4.79 Å². The van der Waals surface area contributed by atoms with Crippen molar-refractivity contribution in [3.63, 3.8) is 0 Å². The Labute approximate surface area is 135 Å². The van der Waals surface area contributed by atoms with Gasteiger partial charge in [0.25, 0.3) is 0 Å². The zero-order valence-electron chi connectivity index (χ0n) is 13.2. The molecule has 1 N–H and O–H groups in total. The molecule has 1 saturated carbocycles. The van der Waals surface area contributed by atoms with Crippen LogP contribution in [-0.2, 0) is 11.2 Å². The molecule has 1 atom stereocenters. The van der Waals surface area contributed by atoms with E-state index in [0.29, 0.717) is 0 Å². The van der Waals surface area contributed by atoms with Crippen LogP contribution in [-0.4, -0.2) is 38.8 Å². The molecule has 1 aromatic heterocycles. The average Bonchev–Trinajstić information content (AvgIpc) is 2.94. The van der Waals surface area contributed by atoms with E-state index in [1.165, 1.54) is 43.9 Å². The summed E-state index contributed by atoms with van der Waals surface area (Å²) in [6, 6.07) is 0. The predicted octanol–water partition coefficient (Wildman–Crippen LogP) is 2.24. The molecule has 1 fully saturated rings. The minimum absolute atomic E-state index is 0.0377. The van der Waals surface area contributed by atoms with Gasteiger partial charge in [0, 0.05) is 13.5 Å². The van der Waals surface area contributed by atoms with Crippen molar-refractivity contribution in [2.75, 3.05) is 7.05 Å². The van der Waals surface area contributed by atoms with Gasteiger partial charge in [-0.1, -0.05) is 43.9 Å². The van der Waals surface area contributed by atoms with Crippen LogP contribution in [0, 0.1) is 5.92 Å². The molecule has 6 nitrogen and oxygen atoms in total. The van der Waals surface area contributed by atoms with E-state index >= 15 is 0 Å². The van der Waals surface area contributed by atoms with Crippen LogP contribution in [0.3, 0.4) is 0 Å². The lowest BCUT2D eigenvalue weighted by molar-refractivity contribution is -0.119. The molecule has 0 bridgehead atoms. The highest BCUT2D eigenvalue weighted by Crippen LogP contribution is 2.30. The molecular weight excluding hydrogens is 298 g/mol. The van der Waals surface area contributed by atoms with Crippen LogP contribution < -0.4 is 5.32 Å². The highest BCUT2D eigenvalue weighted by atomic mass is 32.2. The quantitative estimate of drug-likeness (QED) is 0.923. The van der Waals surface area contributed by atoms with Crippen LogP contribution in [0.2, 0.25) is 0 Å². The lowest BCUT2D eigenvalue weighted by Gasteiger charge is -2.22. The molecule has 7 heteroatoms. The number of aryl methyl sites for hydroxylation is 1. The maximum absolute atomic E-state index is 11.9. The molecule has 0 unspecified atom stereocenters. The summed E-state index contributed by atoms with van der Waals surface area (Å²) in [5.74, 6) is 1.70. The molecule has 0 saturated heterocycles. The first-order chi connectivity index (χ1) is 10.7. The number of nitrogens with zero attached hydrogens (tertiary/aromatic N) is 4. The van der Waals surface area contributed by atoms with E-state index in [2.05, 4.69) is 20.6 Å². The highest BCUT2D eigenvalue weighted by molar-refractivity contribution is 8.01. The van der Waals surface area contributed by atoms with E-state index in [1.54, 1.807) is 7.05 Å². The number of thioether (sulfide) groups is 1. The van der Waals surface area contributed by atoms with Crippen molar-refractivity contribution in [1.82, 2.24) is 20.2 Å². The van der Waals surface area contributed by atoms with Crippen molar-refractivity contribution in [2.24, 2.45) is 11.0 Å². The van der Waals surface area contributed by atoms with Crippen molar-refractivity contribution in [3.05, 3.63) is 5.82 Å². The predicted molar refractivity (Wildman–Crippen MR) is 87.1 cm³/mol. The Balaban J connectivity index is 1.69. The zero-order chi connectivity index (χ0) is 15.5. The Morgan fingerprint density at radius 3 is 2.82 bits per heavy atom. The van der Waals surface area contributed by atoms with E-state index in [9.17, 15) is 4.79 Å². The van der Waals surface area contributed by atoms with Gasteiger partial charge in [-0.15, -0.1) is 10.2 Å². The summed E-state index contributed by atoms with van der Waals surface area (Å²) in [6.07, 6.45) is 8.88. The number of hydrogen-bond donors (Lipinski definition) is 1. The number of rotatable bonds is 4. The van der Waals surface area contributed by atoms with Crippen LogP contribution in [0.1, 0.15) is 51.3 Å². The number of nitrogens with one attached hydrogen (secondary N) is 1. The molecule has 1 amide bonds. The number of fused-ring (bicyclic) bond motifs is 1. The fourth-order valence-electron chi connectivity index (χ4n) is 3.21. The first kappa shape index (κ1) is 15.5. The number of carbonyl (C=O) groups excluding carboxylic acids is 1.